The van der Waals surface area contributed by atoms with Gasteiger partial charge in [-0.1, -0.05) is 56.1 Å². The molecule has 0 aromatic heterocycles. The molecule has 38 heavy (non-hydrogen) atoms. The molecule has 2 aromatic carbocycles. The lowest BCUT2D eigenvalue weighted by molar-refractivity contribution is -0.141. The Bertz CT molecular complexity index is 1230. The average molecular weight is 585 g/mol. The second-order valence-electron chi connectivity index (χ2n) is 10.0. The molecular formula is C28H39Cl2N3O4S. The van der Waals surface area contributed by atoms with Gasteiger partial charge in [-0.25, -0.2) is 8.42 Å². The van der Waals surface area contributed by atoms with Crippen molar-refractivity contribution in [1.29, 1.82) is 0 Å². The van der Waals surface area contributed by atoms with E-state index in [9.17, 15) is 18.0 Å². The van der Waals surface area contributed by atoms with Crippen LogP contribution >= 0.6 is 23.2 Å². The molecule has 0 aliphatic heterocycles. The SMILES string of the molecule is CCC(C(=O)NCC(C)C)N(Cc1ccc(Cl)cc1Cl)C(=O)CCCN(c1ccc(C)c(C)c1)S(C)(=O)=O. The van der Waals surface area contributed by atoms with Gasteiger partial charge >= 0.3 is 0 Å². The Labute approximate surface area is 237 Å². The molecule has 1 atom stereocenters. The first-order valence-corrected chi connectivity index (χ1v) is 15.4. The van der Waals surface area contributed by atoms with Crippen LogP contribution in [0, 0.1) is 19.8 Å². The fourth-order valence-corrected chi connectivity index (χ4v) is 5.49. The highest BCUT2D eigenvalue weighted by molar-refractivity contribution is 7.92. The summed E-state index contributed by atoms with van der Waals surface area (Å²) in [5.74, 6) is -0.220. The third kappa shape index (κ3) is 9.17. The number of hydrogen-bond donors (Lipinski definition) is 1. The lowest BCUT2D eigenvalue weighted by atomic mass is 10.1. The monoisotopic (exact) mass is 583 g/mol. The van der Waals surface area contributed by atoms with E-state index < -0.39 is 16.1 Å². The van der Waals surface area contributed by atoms with Gasteiger partial charge in [-0.05, 0) is 73.6 Å². The first-order valence-electron chi connectivity index (χ1n) is 12.8. The molecule has 0 saturated carbocycles. The van der Waals surface area contributed by atoms with E-state index in [1.807, 2.05) is 46.8 Å². The number of benzene rings is 2. The molecule has 0 spiro atoms. The Morgan fingerprint density at radius 2 is 1.71 bits per heavy atom. The van der Waals surface area contributed by atoms with E-state index >= 15 is 0 Å². The average Bonchev–Trinajstić information content (AvgIpc) is 2.82. The predicted octanol–water partition coefficient (Wildman–Crippen LogP) is 5.74. The van der Waals surface area contributed by atoms with Gasteiger partial charge in [0.2, 0.25) is 21.8 Å². The number of nitrogens with one attached hydrogen (secondary N) is 1. The number of anilines is 1. The summed E-state index contributed by atoms with van der Waals surface area (Å²) in [6.07, 6.45) is 1.92. The van der Waals surface area contributed by atoms with Crippen LogP contribution in [0.4, 0.5) is 5.69 Å². The number of aryl methyl sites for hydroxylation is 2. The summed E-state index contributed by atoms with van der Waals surface area (Å²) in [6, 6.07) is 9.83. The van der Waals surface area contributed by atoms with E-state index in [-0.39, 0.29) is 43.7 Å². The van der Waals surface area contributed by atoms with Gasteiger partial charge in [0.05, 0.1) is 11.9 Å². The van der Waals surface area contributed by atoms with E-state index in [4.69, 9.17) is 23.2 Å². The Morgan fingerprint density at radius 1 is 1.03 bits per heavy atom. The highest BCUT2D eigenvalue weighted by atomic mass is 35.5. The highest BCUT2D eigenvalue weighted by Crippen LogP contribution is 2.25. The molecule has 0 aliphatic rings. The molecule has 2 aromatic rings. The number of sulfonamides is 1. The van der Waals surface area contributed by atoms with Gasteiger partial charge in [0, 0.05) is 36.1 Å². The molecule has 0 saturated heterocycles. The maximum atomic E-state index is 13.5. The fourth-order valence-electron chi connectivity index (χ4n) is 4.06. The molecule has 2 rings (SSSR count). The summed E-state index contributed by atoms with van der Waals surface area (Å²) in [5, 5.41) is 3.81. The standard InChI is InChI=1S/C28H39Cl2N3O4S/c1-7-26(28(35)31-17-19(2)3)32(18-22-11-12-23(29)16-25(22)30)27(34)9-8-14-33(38(6,36)37)24-13-10-20(4)21(5)15-24/h10-13,15-16,19,26H,7-9,14,17-18H2,1-6H3,(H,31,35). The first kappa shape index (κ1) is 31.9. The molecule has 210 valence electrons. The van der Waals surface area contributed by atoms with Gasteiger partial charge in [-0.3, -0.25) is 13.9 Å². The molecular weight excluding hydrogens is 545 g/mol. The smallest absolute Gasteiger partial charge is 0.242 e. The van der Waals surface area contributed by atoms with Crippen molar-refractivity contribution in [2.45, 2.75) is 66.5 Å². The largest absolute Gasteiger partial charge is 0.354 e. The Balaban J connectivity index is 2.26. The quantitative estimate of drug-likeness (QED) is 0.326. The minimum atomic E-state index is -3.56. The van der Waals surface area contributed by atoms with Crippen molar-refractivity contribution < 1.29 is 18.0 Å². The van der Waals surface area contributed by atoms with E-state index in [2.05, 4.69) is 5.32 Å². The molecule has 7 nitrogen and oxygen atoms in total. The molecule has 0 heterocycles. The van der Waals surface area contributed by atoms with Gasteiger partial charge in [0.15, 0.2) is 0 Å². The van der Waals surface area contributed by atoms with Crippen LogP contribution < -0.4 is 9.62 Å². The zero-order chi connectivity index (χ0) is 28.6. The van der Waals surface area contributed by atoms with Crippen molar-refractivity contribution in [3.63, 3.8) is 0 Å². The molecule has 0 fully saturated rings. The number of halogens is 2. The molecule has 0 aliphatic carbocycles. The maximum Gasteiger partial charge on any atom is 0.242 e. The van der Waals surface area contributed by atoms with Crippen molar-refractivity contribution in [2.24, 2.45) is 5.92 Å². The van der Waals surface area contributed by atoms with Gasteiger partial charge < -0.3 is 10.2 Å². The summed E-state index contributed by atoms with van der Waals surface area (Å²) < 4.78 is 26.5. The lowest BCUT2D eigenvalue weighted by Gasteiger charge is -2.31. The molecule has 1 N–H and O–H groups in total. The van der Waals surface area contributed by atoms with Gasteiger partial charge in [-0.15, -0.1) is 0 Å². The van der Waals surface area contributed by atoms with Gasteiger partial charge in [0.25, 0.3) is 0 Å². The Hall–Kier alpha value is -2.29. The normalized spacial score (nSPS) is 12.3. The van der Waals surface area contributed by atoms with Gasteiger partial charge in [-0.2, -0.15) is 0 Å². The van der Waals surface area contributed by atoms with E-state index in [0.29, 0.717) is 34.3 Å². The summed E-state index contributed by atoms with van der Waals surface area (Å²) in [5.41, 5.74) is 3.28. The third-order valence-electron chi connectivity index (χ3n) is 6.36. The summed E-state index contributed by atoms with van der Waals surface area (Å²) in [4.78, 5) is 28.1. The van der Waals surface area contributed by atoms with Crippen molar-refractivity contribution in [3.8, 4) is 0 Å². The van der Waals surface area contributed by atoms with Crippen LogP contribution in [0.25, 0.3) is 0 Å². The van der Waals surface area contributed by atoms with Crippen LogP contribution in [0.3, 0.4) is 0 Å². The van der Waals surface area contributed by atoms with Crippen LogP contribution in [-0.4, -0.2) is 50.5 Å². The van der Waals surface area contributed by atoms with Crippen LogP contribution in [-0.2, 0) is 26.2 Å². The molecule has 0 bridgehead atoms. The Kier molecular flexibility index (Phi) is 11.9. The number of carbonyl (C=O) groups excluding carboxylic acids is 2. The summed E-state index contributed by atoms with van der Waals surface area (Å²) >= 11 is 12.4. The predicted molar refractivity (Wildman–Crippen MR) is 156 cm³/mol. The van der Waals surface area contributed by atoms with Crippen molar-refractivity contribution in [1.82, 2.24) is 10.2 Å². The highest BCUT2D eigenvalue weighted by Gasteiger charge is 2.29. The van der Waals surface area contributed by atoms with E-state index in [1.54, 1.807) is 24.3 Å². The third-order valence-corrected chi connectivity index (χ3v) is 8.14. The Morgan fingerprint density at radius 3 is 2.26 bits per heavy atom. The maximum absolute atomic E-state index is 13.5. The molecule has 2 amide bonds. The summed E-state index contributed by atoms with van der Waals surface area (Å²) in [6.45, 7) is 10.5. The molecule has 10 heteroatoms. The van der Waals surface area contributed by atoms with E-state index in [0.717, 1.165) is 17.4 Å². The fraction of sp³-hybridized carbons (Fsp3) is 0.500. The lowest BCUT2D eigenvalue weighted by Crippen LogP contribution is -2.49. The van der Waals surface area contributed by atoms with Crippen LogP contribution in [0.15, 0.2) is 36.4 Å². The topological polar surface area (TPSA) is 86.8 Å². The van der Waals surface area contributed by atoms with Crippen molar-refractivity contribution in [2.75, 3.05) is 23.7 Å². The summed E-state index contributed by atoms with van der Waals surface area (Å²) in [7, 11) is -3.56. The van der Waals surface area contributed by atoms with Crippen molar-refractivity contribution in [3.05, 3.63) is 63.1 Å². The minimum absolute atomic E-state index is 0.0655. The van der Waals surface area contributed by atoms with Crippen LogP contribution in [0.1, 0.15) is 56.7 Å². The number of rotatable bonds is 13. The minimum Gasteiger partial charge on any atom is -0.354 e. The number of carbonyl (C=O) groups is 2. The van der Waals surface area contributed by atoms with Crippen LogP contribution in [0.5, 0.6) is 0 Å². The van der Waals surface area contributed by atoms with Crippen LogP contribution in [0.2, 0.25) is 10.0 Å². The molecule has 1 unspecified atom stereocenters. The van der Waals surface area contributed by atoms with Gasteiger partial charge in [0.1, 0.15) is 6.04 Å². The second-order valence-corrected chi connectivity index (χ2v) is 12.8. The first-order chi connectivity index (χ1) is 17.7. The number of hydrogen-bond acceptors (Lipinski definition) is 4. The van der Waals surface area contributed by atoms with E-state index in [1.165, 1.54) is 9.21 Å². The zero-order valence-corrected chi connectivity index (χ0v) is 25.4. The second kappa shape index (κ2) is 14.2. The molecule has 0 radical (unpaired) electrons. The van der Waals surface area contributed by atoms with Crippen molar-refractivity contribution >= 4 is 50.7 Å². The number of nitrogens with zero attached hydrogens (tertiary/aromatic N) is 2. The number of amides is 2. The zero-order valence-electron chi connectivity index (χ0n) is 23.1.